The van der Waals surface area contributed by atoms with Gasteiger partial charge in [0.15, 0.2) is 11.6 Å². The van der Waals surface area contributed by atoms with Crippen molar-refractivity contribution in [2.45, 2.75) is 6.10 Å². The first-order valence-corrected chi connectivity index (χ1v) is 6.40. The highest BCUT2D eigenvalue weighted by Crippen LogP contribution is 2.18. The standard InChI is InChI=1S/C13H11F2NO2S/c14-9-4-3-8(6-10(9)15)13(18)16-7-11(17)12-2-1-5-19-12/h1-6,11,17H,7H2,(H,16,18). The highest BCUT2D eigenvalue weighted by Gasteiger charge is 2.13. The molecule has 6 heteroatoms. The van der Waals surface area contributed by atoms with Gasteiger partial charge in [-0.3, -0.25) is 4.79 Å². The second kappa shape index (κ2) is 5.90. The van der Waals surface area contributed by atoms with E-state index in [1.54, 1.807) is 12.1 Å². The zero-order valence-corrected chi connectivity index (χ0v) is 10.6. The Balaban J connectivity index is 1.96. The second-order valence-corrected chi connectivity index (χ2v) is 4.85. The van der Waals surface area contributed by atoms with Crippen molar-refractivity contribution in [3.8, 4) is 0 Å². The summed E-state index contributed by atoms with van der Waals surface area (Å²) >= 11 is 1.37. The Morgan fingerprint density at radius 2 is 2.11 bits per heavy atom. The lowest BCUT2D eigenvalue weighted by Gasteiger charge is -2.10. The lowest BCUT2D eigenvalue weighted by atomic mass is 10.2. The number of nitrogens with one attached hydrogen (secondary N) is 1. The number of benzene rings is 1. The van der Waals surface area contributed by atoms with Crippen LogP contribution in [0, 0.1) is 11.6 Å². The molecule has 19 heavy (non-hydrogen) atoms. The van der Waals surface area contributed by atoms with Gasteiger partial charge in [0.2, 0.25) is 0 Å². The number of aliphatic hydroxyl groups is 1. The van der Waals surface area contributed by atoms with E-state index < -0.39 is 23.6 Å². The molecule has 100 valence electrons. The van der Waals surface area contributed by atoms with E-state index >= 15 is 0 Å². The number of carbonyl (C=O) groups is 1. The first kappa shape index (κ1) is 13.6. The van der Waals surface area contributed by atoms with Gasteiger partial charge in [-0.2, -0.15) is 0 Å². The summed E-state index contributed by atoms with van der Waals surface area (Å²) in [6.07, 6.45) is -0.811. The molecule has 1 atom stereocenters. The van der Waals surface area contributed by atoms with Crippen LogP contribution in [0.5, 0.6) is 0 Å². The van der Waals surface area contributed by atoms with Crippen molar-refractivity contribution in [2.24, 2.45) is 0 Å². The molecule has 1 heterocycles. The summed E-state index contributed by atoms with van der Waals surface area (Å²) in [6, 6.07) is 6.44. The minimum Gasteiger partial charge on any atom is -0.386 e. The summed E-state index contributed by atoms with van der Waals surface area (Å²) in [6.45, 7) is 0.0122. The van der Waals surface area contributed by atoms with Crippen LogP contribution in [0.3, 0.4) is 0 Å². The van der Waals surface area contributed by atoms with E-state index in [0.29, 0.717) is 0 Å². The van der Waals surface area contributed by atoms with E-state index in [0.717, 1.165) is 17.0 Å². The average molecular weight is 283 g/mol. The molecule has 0 aliphatic carbocycles. The Hall–Kier alpha value is -1.79. The smallest absolute Gasteiger partial charge is 0.251 e. The summed E-state index contributed by atoms with van der Waals surface area (Å²) in [5.74, 6) is -2.64. The molecule has 0 bridgehead atoms. The van der Waals surface area contributed by atoms with Gasteiger partial charge >= 0.3 is 0 Å². The maximum Gasteiger partial charge on any atom is 0.251 e. The minimum absolute atomic E-state index is 0.0114. The van der Waals surface area contributed by atoms with Crippen molar-refractivity contribution in [1.82, 2.24) is 5.32 Å². The van der Waals surface area contributed by atoms with Gasteiger partial charge in [-0.1, -0.05) is 6.07 Å². The summed E-state index contributed by atoms with van der Waals surface area (Å²) in [7, 11) is 0. The van der Waals surface area contributed by atoms with Gasteiger partial charge in [-0.25, -0.2) is 8.78 Å². The molecule has 0 fully saturated rings. The van der Waals surface area contributed by atoms with Gasteiger partial charge in [-0.05, 0) is 29.6 Å². The van der Waals surface area contributed by atoms with Crippen molar-refractivity contribution < 1.29 is 18.7 Å². The molecule has 0 aliphatic rings. The lowest BCUT2D eigenvalue weighted by molar-refractivity contribution is 0.0917. The van der Waals surface area contributed by atoms with E-state index in [1.807, 2.05) is 5.38 Å². The molecule has 0 aliphatic heterocycles. The minimum atomic E-state index is -1.08. The maximum atomic E-state index is 13.0. The van der Waals surface area contributed by atoms with Crippen molar-refractivity contribution in [3.05, 3.63) is 57.8 Å². The molecule has 2 aromatic rings. The Kier molecular flexibility index (Phi) is 4.24. The first-order chi connectivity index (χ1) is 9.08. The summed E-state index contributed by atoms with van der Waals surface area (Å²) < 4.78 is 25.7. The van der Waals surface area contributed by atoms with Crippen LogP contribution in [0.2, 0.25) is 0 Å². The topological polar surface area (TPSA) is 49.3 Å². The fourth-order valence-electron chi connectivity index (χ4n) is 1.51. The molecule has 1 unspecified atom stereocenters. The highest BCUT2D eigenvalue weighted by atomic mass is 32.1. The van der Waals surface area contributed by atoms with Crippen LogP contribution in [-0.4, -0.2) is 17.6 Å². The van der Waals surface area contributed by atoms with Crippen molar-refractivity contribution >= 4 is 17.2 Å². The molecule has 2 N–H and O–H groups in total. The molecule has 3 nitrogen and oxygen atoms in total. The molecular formula is C13H11F2NO2S. The normalized spacial score (nSPS) is 12.2. The third-order valence-corrected chi connectivity index (χ3v) is 3.48. The summed E-state index contributed by atoms with van der Waals surface area (Å²) in [5.41, 5.74) is 0.0114. The van der Waals surface area contributed by atoms with Gasteiger partial charge in [0, 0.05) is 17.0 Å². The van der Waals surface area contributed by atoms with Crippen LogP contribution in [0.4, 0.5) is 8.78 Å². The monoisotopic (exact) mass is 283 g/mol. The molecule has 0 spiro atoms. The predicted molar refractivity (Wildman–Crippen MR) is 68.0 cm³/mol. The third kappa shape index (κ3) is 3.36. The number of halogens is 2. The average Bonchev–Trinajstić information content (AvgIpc) is 2.92. The van der Waals surface area contributed by atoms with E-state index in [9.17, 15) is 18.7 Å². The van der Waals surface area contributed by atoms with Gasteiger partial charge in [0.1, 0.15) is 6.10 Å². The Morgan fingerprint density at radius 3 is 2.74 bits per heavy atom. The number of carbonyl (C=O) groups excluding carboxylic acids is 1. The molecule has 1 amide bonds. The van der Waals surface area contributed by atoms with Crippen LogP contribution < -0.4 is 5.32 Å². The van der Waals surface area contributed by atoms with Crippen LogP contribution in [-0.2, 0) is 0 Å². The number of hydrogen-bond donors (Lipinski definition) is 2. The first-order valence-electron chi connectivity index (χ1n) is 5.52. The number of amides is 1. The Morgan fingerprint density at radius 1 is 1.32 bits per heavy atom. The Bertz CT molecular complexity index is 572. The van der Waals surface area contributed by atoms with E-state index in [4.69, 9.17) is 0 Å². The summed E-state index contributed by atoms with van der Waals surface area (Å²) in [4.78, 5) is 12.4. The fraction of sp³-hybridized carbons (Fsp3) is 0.154. The van der Waals surface area contributed by atoms with E-state index in [-0.39, 0.29) is 12.1 Å². The molecular weight excluding hydrogens is 272 g/mol. The fourth-order valence-corrected chi connectivity index (χ4v) is 2.22. The number of aliphatic hydroxyl groups excluding tert-OH is 1. The van der Waals surface area contributed by atoms with Crippen LogP contribution in [0.25, 0.3) is 0 Å². The molecule has 0 radical (unpaired) electrons. The van der Waals surface area contributed by atoms with Crippen molar-refractivity contribution in [1.29, 1.82) is 0 Å². The largest absolute Gasteiger partial charge is 0.386 e. The zero-order chi connectivity index (χ0) is 13.8. The second-order valence-electron chi connectivity index (χ2n) is 3.87. The van der Waals surface area contributed by atoms with E-state index in [2.05, 4.69) is 5.32 Å². The predicted octanol–water partition coefficient (Wildman–Crippen LogP) is 2.49. The van der Waals surface area contributed by atoms with Gasteiger partial charge in [-0.15, -0.1) is 11.3 Å². The SMILES string of the molecule is O=C(NCC(O)c1cccs1)c1ccc(F)c(F)c1. The molecule has 0 saturated carbocycles. The van der Waals surface area contributed by atoms with Crippen molar-refractivity contribution in [2.75, 3.05) is 6.54 Å². The van der Waals surface area contributed by atoms with Gasteiger partial charge < -0.3 is 10.4 Å². The number of rotatable bonds is 4. The number of hydrogen-bond acceptors (Lipinski definition) is 3. The zero-order valence-electron chi connectivity index (χ0n) is 9.77. The van der Waals surface area contributed by atoms with E-state index in [1.165, 1.54) is 17.4 Å². The summed E-state index contributed by atoms with van der Waals surface area (Å²) in [5, 5.41) is 14.0. The number of thiophene rings is 1. The Labute approximate surface area is 112 Å². The molecule has 0 saturated heterocycles. The van der Waals surface area contributed by atoms with Crippen molar-refractivity contribution in [3.63, 3.8) is 0 Å². The molecule has 2 rings (SSSR count). The van der Waals surface area contributed by atoms with Gasteiger partial charge in [0.25, 0.3) is 5.91 Å². The quantitative estimate of drug-likeness (QED) is 0.905. The van der Waals surface area contributed by atoms with Crippen LogP contribution in [0.15, 0.2) is 35.7 Å². The van der Waals surface area contributed by atoms with Crippen LogP contribution in [0.1, 0.15) is 21.3 Å². The lowest BCUT2D eigenvalue weighted by Crippen LogP contribution is -2.28. The van der Waals surface area contributed by atoms with Gasteiger partial charge in [0.05, 0.1) is 0 Å². The maximum absolute atomic E-state index is 13.0. The highest BCUT2D eigenvalue weighted by molar-refractivity contribution is 7.10. The van der Waals surface area contributed by atoms with Crippen LogP contribution >= 0.6 is 11.3 Å². The third-order valence-electron chi connectivity index (χ3n) is 2.51. The molecule has 1 aromatic carbocycles. The molecule has 1 aromatic heterocycles.